The van der Waals surface area contributed by atoms with Gasteiger partial charge in [-0.05, 0) is 18.2 Å². The average molecular weight is 306 g/mol. The van der Waals surface area contributed by atoms with Gasteiger partial charge < -0.3 is 13.7 Å². The maximum absolute atomic E-state index is 12.2. The Hall–Kier alpha value is -2.18. The highest BCUT2D eigenvalue weighted by atomic mass is 32.2. The summed E-state index contributed by atoms with van der Waals surface area (Å²) in [5.41, 5.74) is 0.356. The van der Waals surface area contributed by atoms with Crippen LogP contribution in [-0.4, -0.2) is 21.8 Å². The summed E-state index contributed by atoms with van der Waals surface area (Å²) in [7, 11) is -2.59. The Morgan fingerprint density at radius 3 is 2.24 bits per heavy atom. The van der Waals surface area contributed by atoms with Gasteiger partial charge in [-0.2, -0.15) is 8.42 Å². The molecule has 0 aromatic heterocycles. The van der Waals surface area contributed by atoms with Gasteiger partial charge in [-0.3, -0.25) is 0 Å². The van der Waals surface area contributed by atoms with Crippen molar-refractivity contribution in [2.45, 2.75) is 11.0 Å². The maximum atomic E-state index is 12.2. The molecular formula is C15H14O5S. The topological polar surface area (TPSA) is 69.7 Å². The number of carbonyl (C=O) groups excluding carboxylic acids is 1. The Morgan fingerprint density at radius 2 is 1.62 bits per heavy atom. The molecule has 0 heterocycles. The third-order valence-electron chi connectivity index (χ3n) is 2.83. The standard InChI is InChI=1S/C15H14O5S/c1-19-15(11-16)13-9-5-6-10-14(13)20-21(17,18)12-7-3-2-4-8-12/h2-11,15H,1H3. The zero-order chi connectivity index (χ0) is 15.3. The lowest BCUT2D eigenvalue weighted by molar-refractivity contribution is -0.116. The molecule has 2 rings (SSSR count). The van der Waals surface area contributed by atoms with Crippen molar-refractivity contribution in [2.75, 3.05) is 7.11 Å². The van der Waals surface area contributed by atoms with E-state index >= 15 is 0 Å². The maximum Gasteiger partial charge on any atom is 0.339 e. The van der Waals surface area contributed by atoms with Crippen LogP contribution >= 0.6 is 0 Å². The summed E-state index contributed by atoms with van der Waals surface area (Å²) in [6.07, 6.45) is -0.302. The Bertz CT molecular complexity index is 710. The number of methoxy groups -OCH3 is 1. The van der Waals surface area contributed by atoms with E-state index in [2.05, 4.69) is 0 Å². The van der Waals surface area contributed by atoms with Crippen LogP contribution in [0.5, 0.6) is 5.75 Å². The Balaban J connectivity index is 2.38. The summed E-state index contributed by atoms with van der Waals surface area (Å²) in [6.45, 7) is 0. The van der Waals surface area contributed by atoms with Crippen molar-refractivity contribution in [2.24, 2.45) is 0 Å². The third kappa shape index (κ3) is 3.48. The lowest BCUT2D eigenvalue weighted by atomic mass is 10.1. The Labute approximate surface area is 123 Å². The molecule has 0 aliphatic carbocycles. The van der Waals surface area contributed by atoms with Crippen molar-refractivity contribution in [3.05, 3.63) is 60.2 Å². The van der Waals surface area contributed by atoms with Crippen molar-refractivity contribution in [1.29, 1.82) is 0 Å². The minimum Gasteiger partial charge on any atom is -0.379 e. The molecule has 110 valence electrons. The molecule has 0 N–H and O–H groups in total. The van der Waals surface area contributed by atoms with Gasteiger partial charge in [0, 0.05) is 12.7 Å². The molecule has 0 fully saturated rings. The van der Waals surface area contributed by atoms with Gasteiger partial charge in [0.2, 0.25) is 0 Å². The molecule has 0 aliphatic heterocycles. The lowest BCUT2D eigenvalue weighted by Crippen LogP contribution is -2.13. The highest BCUT2D eigenvalue weighted by Gasteiger charge is 2.21. The largest absolute Gasteiger partial charge is 0.379 e. The van der Waals surface area contributed by atoms with Crippen molar-refractivity contribution in [1.82, 2.24) is 0 Å². The first-order valence-electron chi connectivity index (χ1n) is 6.15. The zero-order valence-electron chi connectivity index (χ0n) is 11.3. The SMILES string of the molecule is COC(C=O)c1ccccc1OS(=O)(=O)c1ccccc1. The quantitative estimate of drug-likeness (QED) is 0.605. The lowest BCUT2D eigenvalue weighted by Gasteiger charge is -2.14. The number of aldehydes is 1. The highest BCUT2D eigenvalue weighted by molar-refractivity contribution is 7.87. The number of para-hydroxylation sites is 1. The number of benzene rings is 2. The first-order chi connectivity index (χ1) is 10.1. The van der Waals surface area contributed by atoms with Crippen LogP contribution in [0.1, 0.15) is 11.7 Å². The first-order valence-corrected chi connectivity index (χ1v) is 7.56. The van der Waals surface area contributed by atoms with Crippen molar-refractivity contribution >= 4 is 16.4 Å². The molecule has 5 nitrogen and oxygen atoms in total. The molecule has 1 atom stereocenters. The molecule has 0 saturated heterocycles. The van der Waals surface area contributed by atoms with Gasteiger partial charge in [-0.25, -0.2) is 0 Å². The smallest absolute Gasteiger partial charge is 0.339 e. The van der Waals surface area contributed by atoms with Crippen LogP contribution in [0, 0.1) is 0 Å². The van der Waals surface area contributed by atoms with E-state index < -0.39 is 16.2 Å². The summed E-state index contributed by atoms with van der Waals surface area (Å²) in [6, 6.07) is 14.1. The normalized spacial score (nSPS) is 12.6. The fourth-order valence-electron chi connectivity index (χ4n) is 1.80. The van der Waals surface area contributed by atoms with E-state index in [-0.39, 0.29) is 10.6 Å². The van der Waals surface area contributed by atoms with E-state index in [1.54, 1.807) is 36.4 Å². The van der Waals surface area contributed by atoms with Crippen molar-refractivity contribution in [3.63, 3.8) is 0 Å². The van der Waals surface area contributed by atoms with Gasteiger partial charge >= 0.3 is 10.1 Å². The number of hydrogen-bond donors (Lipinski definition) is 0. The molecule has 0 bridgehead atoms. The third-order valence-corrected chi connectivity index (χ3v) is 4.08. The number of ether oxygens (including phenoxy) is 1. The van der Waals surface area contributed by atoms with Gasteiger partial charge in [0.25, 0.3) is 0 Å². The summed E-state index contributed by atoms with van der Waals surface area (Å²) in [4.78, 5) is 11.0. The predicted octanol–water partition coefficient (Wildman–Crippen LogP) is 2.34. The van der Waals surface area contributed by atoms with Crippen LogP contribution in [0.15, 0.2) is 59.5 Å². The van der Waals surface area contributed by atoms with Crippen LogP contribution in [0.25, 0.3) is 0 Å². The fraction of sp³-hybridized carbons (Fsp3) is 0.133. The molecule has 0 radical (unpaired) electrons. The number of hydrogen-bond acceptors (Lipinski definition) is 5. The first kappa shape index (κ1) is 15.2. The van der Waals surface area contributed by atoms with E-state index in [4.69, 9.17) is 8.92 Å². The molecule has 21 heavy (non-hydrogen) atoms. The highest BCUT2D eigenvalue weighted by Crippen LogP contribution is 2.28. The molecule has 0 aliphatic rings. The van der Waals surface area contributed by atoms with E-state index in [1.165, 1.54) is 25.3 Å². The second kappa shape index (κ2) is 6.51. The van der Waals surface area contributed by atoms with E-state index in [0.29, 0.717) is 11.8 Å². The van der Waals surface area contributed by atoms with Crippen molar-refractivity contribution < 1.29 is 22.1 Å². The second-order valence-electron chi connectivity index (χ2n) is 4.18. The molecule has 1 unspecified atom stereocenters. The predicted molar refractivity (Wildman–Crippen MR) is 76.5 cm³/mol. The van der Waals surface area contributed by atoms with Gasteiger partial charge in [-0.15, -0.1) is 0 Å². The molecule has 6 heteroatoms. The van der Waals surface area contributed by atoms with E-state index in [9.17, 15) is 13.2 Å². The van der Waals surface area contributed by atoms with Crippen LogP contribution in [0.4, 0.5) is 0 Å². The number of carbonyl (C=O) groups is 1. The summed E-state index contributed by atoms with van der Waals surface area (Å²) < 4.78 is 34.5. The molecule has 2 aromatic rings. The Morgan fingerprint density at radius 1 is 1.00 bits per heavy atom. The van der Waals surface area contributed by atoms with E-state index in [1.807, 2.05) is 0 Å². The second-order valence-corrected chi connectivity index (χ2v) is 5.73. The van der Waals surface area contributed by atoms with E-state index in [0.717, 1.165) is 0 Å². The Kier molecular flexibility index (Phi) is 4.72. The van der Waals surface area contributed by atoms with Crippen LogP contribution < -0.4 is 4.18 Å². The zero-order valence-corrected chi connectivity index (χ0v) is 12.1. The monoisotopic (exact) mass is 306 g/mol. The summed E-state index contributed by atoms with van der Waals surface area (Å²) in [5, 5.41) is 0. The van der Waals surface area contributed by atoms with Crippen molar-refractivity contribution in [3.8, 4) is 5.75 Å². The van der Waals surface area contributed by atoms with Gasteiger partial charge in [0.15, 0.2) is 6.29 Å². The minimum absolute atomic E-state index is 0.0415. The molecular weight excluding hydrogens is 292 g/mol. The molecule has 2 aromatic carbocycles. The molecule has 0 amide bonds. The number of rotatable bonds is 6. The minimum atomic E-state index is -3.96. The van der Waals surface area contributed by atoms with Gasteiger partial charge in [0.1, 0.15) is 16.7 Å². The van der Waals surface area contributed by atoms with Crippen LogP contribution in [0.2, 0.25) is 0 Å². The van der Waals surface area contributed by atoms with Gasteiger partial charge in [0.05, 0.1) is 0 Å². The molecule has 0 saturated carbocycles. The summed E-state index contributed by atoms with van der Waals surface area (Å²) >= 11 is 0. The summed E-state index contributed by atoms with van der Waals surface area (Å²) in [5.74, 6) is 0.0697. The van der Waals surface area contributed by atoms with Crippen LogP contribution in [0.3, 0.4) is 0 Å². The van der Waals surface area contributed by atoms with Crippen LogP contribution in [-0.2, 0) is 19.6 Å². The fourth-order valence-corrected chi connectivity index (χ4v) is 2.78. The van der Waals surface area contributed by atoms with Gasteiger partial charge in [-0.1, -0.05) is 36.4 Å². The average Bonchev–Trinajstić information content (AvgIpc) is 2.51. The molecule has 0 spiro atoms.